The van der Waals surface area contributed by atoms with Crippen molar-refractivity contribution in [3.63, 3.8) is 0 Å². The number of rotatable bonds is 5. The van der Waals surface area contributed by atoms with Crippen LogP contribution in [0.25, 0.3) is 0 Å². The standard InChI is InChI=1S/C11H12N4OS/c12-11(17)9-3-1-2-4-10(9)16-6-5-15-8-13-7-14-15/h1-4,7-8H,5-6H2,(H2,12,17). The van der Waals surface area contributed by atoms with Crippen LogP contribution in [0.2, 0.25) is 0 Å². The van der Waals surface area contributed by atoms with Gasteiger partial charge in [0.25, 0.3) is 0 Å². The monoisotopic (exact) mass is 248 g/mol. The Bertz CT molecular complexity index is 498. The van der Waals surface area contributed by atoms with Crippen LogP contribution >= 0.6 is 12.2 Å². The lowest BCUT2D eigenvalue weighted by Crippen LogP contribution is -2.14. The summed E-state index contributed by atoms with van der Waals surface area (Å²) in [5, 5.41) is 3.98. The first kappa shape index (κ1) is 11.5. The Kier molecular flexibility index (Phi) is 3.66. The molecule has 1 heterocycles. The molecule has 0 aliphatic carbocycles. The van der Waals surface area contributed by atoms with Gasteiger partial charge in [0, 0.05) is 0 Å². The fourth-order valence-electron chi connectivity index (χ4n) is 1.39. The lowest BCUT2D eigenvalue weighted by molar-refractivity contribution is 0.290. The molecule has 6 heteroatoms. The third kappa shape index (κ3) is 3.01. The largest absolute Gasteiger partial charge is 0.491 e. The third-order valence-corrected chi connectivity index (χ3v) is 2.42. The van der Waals surface area contributed by atoms with Crippen LogP contribution in [0.4, 0.5) is 0 Å². The van der Waals surface area contributed by atoms with E-state index in [1.165, 1.54) is 6.33 Å². The number of hydrogen-bond donors (Lipinski definition) is 1. The van der Waals surface area contributed by atoms with Crippen molar-refractivity contribution >= 4 is 17.2 Å². The highest BCUT2D eigenvalue weighted by Gasteiger charge is 2.04. The molecule has 17 heavy (non-hydrogen) atoms. The summed E-state index contributed by atoms with van der Waals surface area (Å²) in [6.45, 7) is 1.12. The smallest absolute Gasteiger partial charge is 0.137 e. The third-order valence-electron chi connectivity index (χ3n) is 2.20. The van der Waals surface area contributed by atoms with Crippen LogP contribution in [-0.4, -0.2) is 26.4 Å². The Morgan fingerprint density at radius 3 is 2.94 bits per heavy atom. The summed E-state index contributed by atoms with van der Waals surface area (Å²) in [5.41, 5.74) is 6.36. The van der Waals surface area contributed by atoms with Crippen LogP contribution < -0.4 is 10.5 Å². The average molecular weight is 248 g/mol. The van der Waals surface area contributed by atoms with E-state index in [-0.39, 0.29) is 0 Å². The number of hydrogen-bond acceptors (Lipinski definition) is 4. The normalized spacial score (nSPS) is 10.1. The summed E-state index contributed by atoms with van der Waals surface area (Å²) in [4.78, 5) is 4.18. The van der Waals surface area contributed by atoms with Crippen LogP contribution in [0.5, 0.6) is 5.75 Å². The van der Waals surface area contributed by atoms with E-state index in [4.69, 9.17) is 22.7 Å². The molecule has 0 unspecified atom stereocenters. The molecule has 1 aromatic heterocycles. The van der Waals surface area contributed by atoms with E-state index in [9.17, 15) is 0 Å². The van der Waals surface area contributed by atoms with Gasteiger partial charge in [-0.1, -0.05) is 24.4 Å². The molecule has 0 saturated heterocycles. The molecular weight excluding hydrogens is 236 g/mol. The van der Waals surface area contributed by atoms with Crippen molar-refractivity contribution in [1.82, 2.24) is 14.8 Å². The highest BCUT2D eigenvalue weighted by atomic mass is 32.1. The summed E-state index contributed by atoms with van der Waals surface area (Å²) in [6.07, 6.45) is 3.13. The predicted molar refractivity (Wildman–Crippen MR) is 67.8 cm³/mol. The fraction of sp³-hybridized carbons (Fsp3) is 0.182. The maximum Gasteiger partial charge on any atom is 0.137 e. The molecule has 5 nitrogen and oxygen atoms in total. The summed E-state index contributed by atoms with van der Waals surface area (Å²) in [7, 11) is 0. The molecular formula is C11H12N4OS. The molecule has 0 saturated carbocycles. The van der Waals surface area contributed by atoms with Crippen LogP contribution in [0.15, 0.2) is 36.9 Å². The van der Waals surface area contributed by atoms with Gasteiger partial charge in [0.2, 0.25) is 0 Å². The second-order valence-electron chi connectivity index (χ2n) is 3.37. The Labute approximate surface area is 104 Å². The molecule has 0 aliphatic rings. The van der Waals surface area contributed by atoms with Crippen LogP contribution in [0, 0.1) is 0 Å². The minimum atomic E-state index is 0.335. The number of para-hydroxylation sites is 1. The summed E-state index contributed by atoms with van der Waals surface area (Å²) in [5.74, 6) is 0.695. The number of nitrogens with two attached hydrogens (primary N) is 1. The predicted octanol–water partition coefficient (Wildman–Crippen LogP) is 0.991. The van der Waals surface area contributed by atoms with Crippen molar-refractivity contribution < 1.29 is 4.74 Å². The first-order valence-electron chi connectivity index (χ1n) is 5.11. The molecule has 0 amide bonds. The lowest BCUT2D eigenvalue weighted by atomic mass is 10.2. The molecule has 2 rings (SSSR count). The highest BCUT2D eigenvalue weighted by Crippen LogP contribution is 2.17. The van der Waals surface area contributed by atoms with Gasteiger partial charge in [0.1, 0.15) is 30.0 Å². The van der Waals surface area contributed by atoms with Gasteiger partial charge in [-0.15, -0.1) is 0 Å². The maximum atomic E-state index is 5.62. The van der Waals surface area contributed by atoms with Gasteiger partial charge in [0.05, 0.1) is 12.1 Å². The number of benzene rings is 1. The van der Waals surface area contributed by atoms with Gasteiger partial charge in [-0.05, 0) is 12.1 Å². The first-order chi connectivity index (χ1) is 8.27. The number of aromatic nitrogens is 3. The van der Waals surface area contributed by atoms with Crippen LogP contribution in [-0.2, 0) is 6.54 Å². The Balaban J connectivity index is 1.97. The van der Waals surface area contributed by atoms with Crippen molar-refractivity contribution in [3.05, 3.63) is 42.5 Å². The van der Waals surface area contributed by atoms with Crippen LogP contribution in [0.3, 0.4) is 0 Å². The molecule has 0 atom stereocenters. The van der Waals surface area contributed by atoms with Gasteiger partial charge >= 0.3 is 0 Å². The van der Waals surface area contributed by atoms with E-state index in [2.05, 4.69) is 10.1 Å². The van der Waals surface area contributed by atoms with E-state index in [0.29, 0.717) is 23.9 Å². The molecule has 0 bridgehead atoms. The zero-order valence-corrected chi connectivity index (χ0v) is 9.93. The Hall–Kier alpha value is -1.95. The van der Waals surface area contributed by atoms with E-state index in [0.717, 1.165) is 5.56 Å². The SMILES string of the molecule is NC(=S)c1ccccc1OCCn1cncn1. The average Bonchev–Trinajstić information content (AvgIpc) is 2.82. The van der Waals surface area contributed by atoms with Gasteiger partial charge < -0.3 is 10.5 Å². The molecule has 1 aromatic carbocycles. The van der Waals surface area contributed by atoms with E-state index in [1.807, 2.05) is 24.3 Å². The van der Waals surface area contributed by atoms with E-state index < -0.39 is 0 Å². The highest BCUT2D eigenvalue weighted by molar-refractivity contribution is 7.80. The zero-order valence-electron chi connectivity index (χ0n) is 9.11. The summed E-state index contributed by atoms with van der Waals surface area (Å²) < 4.78 is 7.31. The number of thiocarbonyl (C=S) groups is 1. The van der Waals surface area contributed by atoms with Crippen LogP contribution in [0.1, 0.15) is 5.56 Å². The van der Waals surface area contributed by atoms with Crippen molar-refractivity contribution in [2.75, 3.05) is 6.61 Å². The topological polar surface area (TPSA) is 66.0 Å². The molecule has 0 radical (unpaired) electrons. The number of nitrogens with zero attached hydrogens (tertiary/aromatic N) is 3. The van der Waals surface area contributed by atoms with Gasteiger partial charge in [-0.2, -0.15) is 5.10 Å². The van der Waals surface area contributed by atoms with Crippen molar-refractivity contribution in [2.24, 2.45) is 5.73 Å². The first-order valence-corrected chi connectivity index (χ1v) is 5.52. The zero-order chi connectivity index (χ0) is 12.1. The second kappa shape index (κ2) is 5.40. The number of ether oxygens (including phenoxy) is 1. The summed E-state index contributed by atoms with van der Waals surface area (Å²) >= 11 is 4.95. The molecule has 88 valence electrons. The van der Waals surface area contributed by atoms with Gasteiger partial charge in [-0.3, -0.25) is 0 Å². The Morgan fingerprint density at radius 2 is 2.24 bits per heavy atom. The second-order valence-corrected chi connectivity index (χ2v) is 3.81. The van der Waals surface area contributed by atoms with Crippen molar-refractivity contribution in [2.45, 2.75) is 6.54 Å². The fourth-order valence-corrected chi connectivity index (χ4v) is 1.56. The van der Waals surface area contributed by atoms with Crippen molar-refractivity contribution in [1.29, 1.82) is 0 Å². The van der Waals surface area contributed by atoms with E-state index >= 15 is 0 Å². The van der Waals surface area contributed by atoms with Gasteiger partial charge in [0.15, 0.2) is 0 Å². The Morgan fingerprint density at radius 1 is 1.41 bits per heavy atom. The van der Waals surface area contributed by atoms with Gasteiger partial charge in [-0.25, -0.2) is 9.67 Å². The molecule has 2 aromatic rings. The summed E-state index contributed by atoms with van der Waals surface area (Å²) in [6, 6.07) is 7.44. The molecule has 0 spiro atoms. The van der Waals surface area contributed by atoms with E-state index in [1.54, 1.807) is 11.0 Å². The quantitative estimate of drug-likeness (QED) is 0.799. The van der Waals surface area contributed by atoms with Crippen molar-refractivity contribution in [3.8, 4) is 5.75 Å². The minimum Gasteiger partial charge on any atom is -0.491 e. The minimum absolute atomic E-state index is 0.335. The maximum absolute atomic E-state index is 5.62. The molecule has 2 N–H and O–H groups in total. The molecule has 0 aliphatic heterocycles. The lowest BCUT2D eigenvalue weighted by Gasteiger charge is -2.10. The molecule has 0 fully saturated rings.